The summed E-state index contributed by atoms with van der Waals surface area (Å²) in [5.74, 6) is 0. The maximum absolute atomic E-state index is 4.67. The van der Waals surface area contributed by atoms with Gasteiger partial charge < -0.3 is 4.74 Å². The fraction of sp³-hybridized carbons (Fsp3) is 0.429. The highest BCUT2D eigenvalue weighted by molar-refractivity contribution is 4.87. The summed E-state index contributed by atoms with van der Waals surface area (Å²) >= 11 is 0. The molecule has 8 heavy (non-hydrogen) atoms. The van der Waals surface area contributed by atoms with Crippen LogP contribution < -0.4 is 0 Å². The first-order valence-electron chi connectivity index (χ1n) is 2.70. The molecule has 0 unspecified atom stereocenters. The summed E-state index contributed by atoms with van der Waals surface area (Å²) < 4.78 is 4.67. The van der Waals surface area contributed by atoms with Crippen LogP contribution >= 0.6 is 0 Å². The van der Waals surface area contributed by atoms with Gasteiger partial charge in [0, 0.05) is 0 Å². The lowest BCUT2D eigenvalue weighted by Crippen LogP contribution is -1.62. The first-order chi connectivity index (χ1) is 3.91. The number of hydrogen-bond donors (Lipinski definition) is 0. The summed E-state index contributed by atoms with van der Waals surface area (Å²) in [4.78, 5) is 0. The average Bonchev–Trinajstić information content (AvgIpc) is 1.81. The van der Waals surface area contributed by atoms with Crippen molar-refractivity contribution in [3.8, 4) is 0 Å². The molecule has 0 aliphatic carbocycles. The van der Waals surface area contributed by atoms with Crippen molar-refractivity contribution in [2.24, 2.45) is 0 Å². The summed E-state index contributed by atoms with van der Waals surface area (Å²) in [6.07, 6.45) is 8.68. The van der Waals surface area contributed by atoms with Crippen LogP contribution in [0.2, 0.25) is 0 Å². The Balaban J connectivity index is 3.03. The Labute approximate surface area is 50.7 Å². The largest absolute Gasteiger partial charge is 0.505 e. The average molecular weight is 112 g/mol. The minimum absolute atomic E-state index is 0.963. The topological polar surface area (TPSA) is 9.23 Å². The SMILES string of the molecule is CC=CCC=COC. The second-order valence-corrected chi connectivity index (χ2v) is 1.41. The molecule has 0 aliphatic rings. The van der Waals surface area contributed by atoms with Crippen LogP contribution in [-0.4, -0.2) is 7.11 Å². The van der Waals surface area contributed by atoms with Crippen molar-refractivity contribution in [2.45, 2.75) is 13.3 Å². The molecule has 0 bridgehead atoms. The second kappa shape index (κ2) is 6.28. The summed E-state index contributed by atoms with van der Waals surface area (Å²) in [6.45, 7) is 2.00. The van der Waals surface area contributed by atoms with Crippen LogP contribution in [0.15, 0.2) is 24.5 Å². The predicted molar refractivity (Wildman–Crippen MR) is 35.6 cm³/mol. The normalized spacial score (nSPS) is 11.2. The van der Waals surface area contributed by atoms with Crippen molar-refractivity contribution >= 4 is 0 Å². The van der Waals surface area contributed by atoms with E-state index in [4.69, 9.17) is 0 Å². The van der Waals surface area contributed by atoms with Crippen molar-refractivity contribution < 1.29 is 4.74 Å². The molecular weight excluding hydrogens is 100 g/mol. The lowest BCUT2D eigenvalue weighted by molar-refractivity contribution is 0.337. The van der Waals surface area contributed by atoms with Crippen molar-refractivity contribution in [1.82, 2.24) is 0 Å². The predicted octanol–water partition coefficient (Wildman–Crippen LogP) is 2.11. The van der Waals surface area contributed by atoms with E-state index in [2.05, 4.69) is 10.8 Å². The van der Waals surface area contributed by atoms with Gasteiger partial charge in [-0.3, -0.25) is 0 Å². The molecule has 0 rings (SSSR count). The molecule has 0 spiro atoms. The third-order valence-corrected chi connectivity index (χ3v) is 0.740. The van der Waals surface area contributed by atoms with Crippen molar-refractivity contribution in [3.63, 3.8) is 0 Å². The van der Waals surface area contributed by atoms with E-state index in [1.54, 1.807) is 13.4 Å². The van der Waals surface area contributed by atoms with E-state index in [-0.39, 0.29) is 0 Å². The van der Waals surface area contributed by atoms with E-state index in [1.165, 1.54) is 0 Å². The fourth-order valence-electron chi connectivity index (χ4n) is 0.366. The Morgan fingerprint density at radius 2 is 2.12 bits per heavy atom. The van der Waals surface area contributed by atoms with E-state index in [0.717, 1.165) is 6.42 Å². The monoisotopic (exact) mass is 112 g/mol. The molecule has 1 nitrogen and oxygen atoms in total. The molecular formula is C7H12O. The lowest BCUT2D eigenvalue weighted by atomic mass is 10.4. The van der Waals surface area contributed by atoms with Gasteiger partial charge in [0.15, 0.2) is 0 Å². The minimum Gasteiger partial charge on any atom is -0.505 e. The van der Waals surface area contributed by atoms with Gasteiger partial charge in [0.05, 0.1) is 13.4 Å². The molecule has 0 aromatic heterocycles. The minimum atomic E-state index is 0.963. The molecule has 0 aromatic carbocycles. The second-order valence-electron chi connectivity index (χ2n) is 1.41. The molecule has 0 atom stereocenters. The first kappa shape index (κ1) is 7.28. The van der Waals surface area contributed by atoms with E-state index in [0.29, 0.717) is 0 Å². The number of methoxy groups -OCH3 is 1. The van der Waals surface area contributed by atoms with Gasteiger partial charge in [-0.05, 0) is 19.4 Å². The summed E-state index contributed by atoms with van der Waals surface area (Å²) in [5, 5.41) is 0. The third-order valence-electron chi connectivity index (χ3n) is 0.740. The molecule has 46 valence electrons. The Morgan fingerprint density at radius 1 is 1.38 bits per heavy atom. The Hall–Kier alpha value is -0.720. The number of ether oxygens (including phenoxy) is 1. The maximum Gasteiger partial charge on any atom is 0.0787 e. The van der Waals surface area contributed by atoms with Gasteiger partial charge in [0.2, 0.25) is 0 Å². The van der Waals surface area contributed by atoms with Crippen LogP contribution in [0.4, 0.5) is 0 Å². The maximum atomic E-state index is 4.67. The molecule has 0 heterocycles. The molecule has 0 saturated carbocycles. The standard InChI is InChI=1S/C7H12O/c1-3-4-5-6-7-8-2/h3-4,6-7H,5H2,1-2H3. The smallest absolute Gasteiger partial charge is 0.0787 e. The zero-order valence-corrected chi connectivity index (χ0v) is 5.42. The van der Waals surface area contributed by atoms with Crippen molar-refractivity contribution in [1.29, 1.82) is 0 Å². The van der Waals surface area contributed by atoms with E-state index in [9.17, 15) is 0 Å². The third kappa shape index (κ3) is 5.28. The van der Waals surface area contributed by atoms with E-state index < -0.39 is 0 Å². The van der Waals surface area contributed by atoms with Gasteiger partial charge in [-0.1, -0.05) is 12.2 Å². The molecule has 0 N–H and O–H groups in total. The van der Waals surface area contributed by atoms with Crippen LogP contribution in [0.5, 0.6) is 0 Å². The highest BCUT2D eigenvalue weighted by Crippen LogP contribution is 1.83. The number of hydrogen-bond acceptors (Lipinski definition) is 1. The van der Waals surface area contributed by atoms with Gasteiger partial charge in [0.25, 0.3) is 0 Å². The van der Waals surface area contributed by atoms with Crippen LogP contribution in [0, 0.1) is 0 Å². The molecule has 0 aromatic rings. The van der Waals surface area contributed by atoms with Crippen LogP contribution in [0.3, 0.4) is 0 Å². The van der Waals surface area contributed by atoms with Crippen LogP contribution in [0.1, 0.15) is 13.3 Å². The zero-order chi connectivity index (χ0) is 6.24. The zero-order valence-electron chi connectivity index (χ0n) is 5.42. The molecule has 0 radical (unpaired) electrons. The van der Waals surface area contributed by atoms with Gasteiger partial charge in [-0.15, -0.1) is 0 Å². The van der Waals surface area contributed by atoms with Crippen LogP contribution in [0.25, 0.3) is 0 Å². The van der Waals surface area contributed by atoms with Gasteiger partial charge >= 0.3 is 0 Å². The number of rotatable bonds is 3. The Kier molecular flexibility index (Phi) is 5.71. The highest BCUT2D eigenvalue weighted by Gasteiger charge is 1.65. The van der Waals surface area contributed by atoms with Gasteiger partial charge in [0.1, 0.15) is 0 Å². The highest BCUT2D eigenvalue weighted by atomic mass is 16.5. The van der Waals surface area contributed by atoms with Gasteiger partial charge in [-0.2, -0.15) is 0 Å². The van der Waals surface area contributed by atoms with Crippen LogP contribution in [-0.2, 0) is 4.74 Å². The molecule has 0 saturated heterocycles. The lowest BCUT2D eigenvalue weighted by Gasteiger charge is -1.82. The van der Waals surface area contributed by atoms with E-state index >= 15 is 0 Å². The Morgan fingerprint density at radius 3 is 2.62 bits per heavy atom. The van der Waals surface area contributed by atoms with Gasteiger partial charge in [-0.25, -0.2) is 0 Å². The van der Waals surface area contributed by atoms with E-state index in [1.807, 2.05) is 19.1 Å². The molecule has 0 fully saturated rings. The Bertz CT molecular complexity index is 82.4. The fourth-order valence-corrected chi connectivity index (χ4v) is 0.366. The quantitative estimate of drug-likeness (QED) is 0.401. The van der Waals surface area contributed by atoms with Crippen molar-refractivity contribution in [2.75, 3.05) is 7.11 Å². The molecule has 0 amide bonds. The van der Waals surface area contributed by atoms with Crippen molar-refractivity contribution in [3.05, 3.63) is 24.5 Å². The number of allylic oxidation sites excluding steroid dienone is 3. The first-order valence-corrected chi connectivity index (χ1v) is 2.70. The molecule has 0 aliphatic heterocycles. The molecule has 1 heteroatoms. The summed E-state index contributed by atoms with van der Waals surface area (Å²) in [7, 11) is 1.64. The summed E-state index contributed by atoms with van der Waals surface area (Å²) in [5.41, 5.74) is 0. The summed E-state index contributed by atoms with van der Waals surface area (Å²) in [6, 6.07) is 0.